The zero-order valence-electron chi connectivity index (χ0n) is 25.3. The topological polar surface area (TPSA) is 269 Å². The molecule has 0 aromatic carbocycles. The predicted molar refractivity (Wildman–Crippen MR) is 142 cm³/mol. The second-order valence-corrected chi connectivity index (χ2v) is 12.6. The van der Waals surface area contributed by atoms with E-state index in [0.717, 1.165) is 0 Å². The molecule has 0 radical (unpaired) electrons. The third kappa shape index (κ3) is 17.8. The second kappa shape index (κ2) is 24.9. The molecule has 2 saturated carbocycles. The SMILES string of the molecule is N[N]([Pt+])C1CCCC1.N[N]([Pt+])C1CCCC1.O=C([O-])[C@@H]1OCCOCCO[C@@H](C(=O)O)[C@H](C(=O)O)OCCOCCO[C@H]1C(=O)[O-]. The van der Waals surface area contributed by atoms with Crippen molar-refractivity contribution >= 4 is 23.9 Å². The average Bonchev–Trinajstić information content (AvgIpc) is 3.72. The molecule has 46 heavy (non-hydrogen) atoms. The van der Waals surface area contributed by atoms with E-state index < -0.39 is 48.3 Å². The van der Waals surface area contributed by atoms with Crippen molar-refractivity contribution in [3.8, 4) is 0 Å². The van der Waals surface area contributed by atoms with Gasteiger partial charge in [-0.15, -0.1) is 0 Å². The van der Waals surface area contributed by atoms with E-state index in [1.807, 2.05) is 7.14 Å². The van der Waals surface area contributed by atoms with Crippen LogP contribution in [-0.2, 0) is 87.7 Å². The Morgan fingerprint density at radius 3 is 1.00 bits per heavy atom. The van der Waals surface area contributed by atoms with Crippen LogP contribution in [0.2, 0.25) is 0 Å². The van der Waals surface area contributed by atoms with Gasteiger partial charge in [0.1, 0.15) is 12.2 Å². The fraction of sp³-hybridized carbons (Fsp3) is 0.846. The van der Waals surface area contributed by atoms with Crippen LogP contribution < -0.4 is 21.9 Å². The van der Waals surface area contributed by atoms with E-state index >= 15 is 0 Å². The third-order valence-electron chi connectivity index (χ3n) is 6.90. The summed E-state index contributed by atoms with van der Waals surface area (Å²) in [6.45, 7) is -2.21. The Morgan fingerprint density at radius 2 is 0.804 bits per heavy atom. The number of nitrogens with two attached hydrogens (primary N) is 2. The first-order valence-electron chi connectivity index (χ1n) is 14.7. The molecule has 1 aliphatic heterocycles. The fourth-order valence-electron chi connectivity index (χ4n) is 4.54. The minimum Gasteiger partial charge on any atom is -0.547 e. The Kier molecular flexibility index (Phi) is 23.2. The first-order valence-corrected chi connectivity index (χ1v) is 16.7. The maximum absolute atomic E-state index is 11.3. The molecule has 3 rings (SSSR count). The van der Waals surface area contributed by atoms with Crippen LogP contribution in [-0.4, -0.2) is 131 Å². The smallest absolute Gasteiger partial charge is 0.336 e. The monoisotopic (exact) mass is 1030 g/mol. The summed E-state index contributed by atoms with van der Waals surface area (Å²) in [5, 5.41) is 40.7. The Hall–Kier alpha value is -1.14. The molecule has 0 amide bonds. The molecule has 0 spiro atoms. The van der Waals surface area contributed by atoms with Crippen LogP contribution >= 0.6 is 0 Å². The van der Waals surface area contributed by atoms with Crippen LogP contribution in [0, 0.1) is 0 Å². The van der Waals surface area contributed by atoms with Gasteiger partial charge in [-0.25, -0.2) is 9.59 Å². The molecule has 20 heteroatoms. The summed E-state index contributed by atoms with van der Waals surface area (Å²) in [4.78, 5) is 44.9. The van der Waals surface area contributed by atoms with Crippen LogP contribution in [0.3, 0.4) is 0 Å². The largest absolute Gasteiger partial charge is 0.547 e. The van der Waals surface area contributed by atoms with Gasteiger partial charge in [0.15, 0.2) is 12.2 Å². The van der Waals surface area contributed by atoms with Crippen molar-refractivity contribution in [3.05, 3.63) is 0 Å². The number of ether oxygens (including phenoxy) is 6. The molecule has 4 atom stereocenters. The first kappa shape index (κ1) is 42.9. The van der Waals surface area contributed by atoms with Crippen molar-refractivity contribution < 1.29 is 108 Å². The Labute approximate surface area is 290 Å². The molecule has 6 N–H and O–H groups in total. The number of rotatable bonds is 6. The summed E-state index contributed by atoms with van der Waals surface area (Å²) in [5.74, 6) is 4.26. The number of carboxylic acid groups (broad SMARTS) is 4. The van der Waals surface area contributed by atoms with E-state index in [2.05, 4.69) is 40.1 Å². The number of carbonyl (C=O) groups is 4. The predicted octanol–water partition coefficient (Wildman–Crippen LogP) is -3.62. The Morgan fingerprint density at radius 1 is 0.543 bits per heavy atom. The number of aliphatic carboxylic acids is 4. The van der Waals surface area contributed by atoms with Crippen LogP contribution in [0.1, 0.15) is 51.4 Å². The molecule has 18 nitrogen and oxygen atoms in total. The summed E-state index contributed by atoms with van der Waals surface area (Å²) in [6, 6.07) is 1.33. The number of nitrogens with zero attached hydrogens (tertiary/aromatic N) is 2. The van der Waals surface area contributed by atoms with Crippen LogP contribution in [0.15, 0.2) is 0 Å². The van der Waals surface area contributed by atoms with Crippen molar-refractivity contribution in [1.29, 1.82) is 0 Å². The van der Waals surface area contributed by atoms with Crippen LogP contribution in [0.5, 0.6) is 0 Å². The van der Waals surface area contributed by atoms with E-state index in [-0.39, 0.29) is 52.9 Å². The van der Waals surface area contributed by atoms with Gasteiger partial charge in [0.25, 0.3) is 0 Å². The number of hydrazine groups is 2. The van der Waals surface area contributed by atoms with Crippen LogP contribution in [0.4, 0.5) is 0 Å². The minimum absolute atomic E-state index is 0.195. The number of carbonyl (C=O) groups excluding carboxylic acids is 2. The molecule has 0 unspecified atom stereocenters. The molecule has 272 valence electrons. The number of hydrogen-bond donors (Lipinski definition) is 4. The number of hydrogen-bond acceptors (Lipinski definition) is 16. The van der Waals surface area contributed by atoms with Gasteiger partial charge in [-0.3, -0.25) is 0 Å². The summed E-state index contributed by atoms with van der Waals surface area (Å²) in [5.41, 5.74) is 0. The van der Waals surface area contributed by atoms with Crippen molar-refractivity contribution in [1.82, 2.24) is 7.14 Å². The summed E-state index contributed by atoms with van der Waals surface area (Å²) in [6.07, 6.45) is 3.06. The van der Waals surface area contributed by atoms with E-state index in [1.165, 1.54) is 51.4 Å². The zero-order chi connectivity index (χ0) is 34.5. The van der Waals surface area contributed by atoms with Gasteiger partial charge in [-0.1, -0.05) is 0 Å². The molecule has 0 aromatic rings. The van der Waals surface area contributed by atoms with Gasteiger partial charge in [0.05, 0.1) is 64.8 Å². The molecule has 3 fully saturated rings. The van der Waals surface area contributed by atoms with Gasteiger partial charge in [-0.05, 0) is 0 Å². The summed E-state index contributed by atoms with van der Waals surface area (Å²) < 4.78 is 33.6. The zero-order valence-corrected chi connectivity index (χ0v) is 29.8. The molecule has 1 heterocycles. The molecule has 0 bridgehead atoms. The average molecular weight is 1030 g/mol. The quantitative estimate of drug-likeness (QED) is 0.148. The maximum atomic E-state index is 11.3. The van der Waals surface area contributed by atoms with Gasteiger partial charge in [-0.2, -0.15) is 0 Å². The van der Waals surface area contributed by atoms with E-state index in [9.17, 15) is 39.6 Å². The molecule has 2 aliphatic carbocycles. The van der Waals surface area contributed by atoms with E-state index in [4.69, 9.17) is 40.1 Å². The van der Waals surface area contributed by atoms with E-state index in [1.54, 1.807) is 0 Å². The maximum Gasteiger partial charge on any atom is 0.336 e. The van der Waals surface area contributed by atoms with Crippen molar-refractivity contribution in [2.75, 3.05) is 52.9 Å². The van der Waals surface area contributed by atoms with Crippen LogP contribution in [0.25, 0.3) is 0 Å². The van der Waals surface area contributed by atoms with Gasteiger partial charge in [0.2, 0.25) is 0 Å². The summed E-state index contributed by atoms with van der Waals surface area (Å²) >= 11 is 4.28. The van der Waals surface area contributed by atoms with Gasteiger partial charge >= 0.3 is 134 Å². The molecule has 3 aliphatic rings. The Balaban J connectivity index is 0.000000528. The van der Waals surface area contributed by atoms with Crippen molar-refractivity contribution in [2.24, 2.45) is 11.7 Å². The number of carboxylic acids is 4. The van der Waals surface area contributed by atoms with E-state index in [0.29, 0.717) is 12.1 Å². The fourth-order valence-corrected chi connectivity index (χ4v) is 5.72. The third-order valence-corrected chi connectivity index (χ3v) is 8.56. The normalized spacial score (nSPS) is 26.6. The van der Waals surface area contributed by atoms with Crippen molar-refractivity contribution in [3.63, 3.8) is 0 Å². The van der Waals surface area contributed by atoms with Crippen molar-refractivity contribution in [2.45, 2.75) is 87.9 Å². The Bertz CT molecular complexity index is 777. The minimum atomic E-state index is -1.97. The molecular weight excluding hydrogens is 982 g/mol. The first-order chi connectivity index (χ1) is 21.9. The summed E-state index contributed by atoms with van der Waals surface area (Å²) in [7, 11) is 0. The van der Waals surface area contributed by atoms with Gasteiger partial charge < -0.3 is 58.4 Å². The standard InChI is InChI=1S/C16H24O14.2C5H11N2.2Pt/c17-13(18)9-10(14(19)20)29-7-3-26-4-8-30-12(16(23)24)11(15(21)22)28-6-2-25-1-5-27-9;2*6-7-5-3-1-2-4-5;;/h9-12H,1-8H2,(H,17,18)(H,19,20)(H,21,22)(H,23,24);2*5H,1-4,6H2;;/q;2*-1;2*+2/p-2/t9-,10-,11-,12-;;;;/m1..../s1. The molecule has 1 saturated heterocycles. The second-order valence-electron chi connectivity index (χ2n) is 10.2. The molecular formula is C26H44N4O14Pt2. The van der Waals surface area contributed by atoms with Gasteiger partial charge in [0, 0.05) is 0 Å². The molecule has 0 aromatic heterocycles.